The zero-order chi connectivity index (χ0) is 19.1. The van der Waals surface area contributed by atoms with Gasteiger partial charge in [-0.25, -0.2) is 0 Å². The number of benzene rings is 1. The zero-order valence-corrected chi connectivity index (χ0v) is 16.4. The first kappa shape index (κ1) is 20.1. The Labute approximate surface area is 155 Å². The molecule has 0 aliphatic heterocycles. The molecule has 2 aromatic rings. The summed E-state index contributed by atoms with van der Waals surface area (Å²) in [5.74, 6) is 0.610. The fourth-order valence-electron chi connectivity index (χ4n) is 3.14. The monoisotopic (exact) mass is 361 g/mol. The van der Waals surface area contributed by atoms with E-state index in [1.807, 2.05) is 32.0 Å². The van der Waals surface area contributed by atoms with Crippen LogP contribution < -0.4 is 15.0 Å². The summed E-state index contributed by atoms with van der Waals surface area (Å²) in [6, 6.07) is 5.48. The van der Waals surface area contributed by atoms with Gasteiger partial charge < -0.3 is 19.1 Å². The molecule has 0 unspecified atom stereocenters. The highest BCUT2D eigenvalue weighted by atomic mass is 16.5. The Kier molecular flexibility index (Phi) is 7.37. The van der Waals surface area contributed by atoms with Crippen molar-refractivity contribution in [3.05, 3.63) is 28.6 Å². The molecule has 0 atom stereocenters. The van der Waals surface area contributed by atoms with Gasteiger partial charge in [0.1, 0.15) is 5.75 Å². The molecule has 144 valence electrons. The van der Waals surface area contributed by atoms with Crippen LogP contribution in [0.15, 0.2) is 23.0 Å². The Morgan fingerprint density at radius 3 is 2.46 bits per heavy atom. The summed E-state index contributed by atoms with van der Waals surface area (Å²) in [6.07, 6.45) is 6.70. The molecule has 0 saturated heterocycles. The first-order chi connectivity index (χ1) is 12.5. The van der Waals surface area contributed by atoms with E-state index in [0.29, 0.717) is 12.3 Å². The molecule has 5 nitrogen and oxygen atoms in total. The molecule has 0 amide bonds. The van der Waals surface area contributed by atoms with E-state index in [4.69, 9.17) is 9.47 Å². The molecule has 5 heteroatoms. The molecule has 2 rings (SSSR count). The lowest BCUT2D eigenvalue weighted by Gasteiger charge is -2.18. The van der Waals surface area contributed by atoms with Crippen molar-refractivity contribution >= 4 is 10.9 Å². The first-order valence-corrected chi connectivity index (χ1v) is 9.59. The van der Waals surface area contributed by atoms with Gasteiger partial charge in [0.2, 0.25) is 5.75 Å². The smallest absolute Gasteiger partial charge is 0.297 e. The van der Waals surface area contributed by atoms with Crippen molar-refractivity contribution in [3.8, 4) is 17.2 Å². The third kappa shape index (κ3) is 4.71. The first-order valence-electron chi connectivity index (χ1n) is 9.59. The third-order valence-electron chi connectivity index (χ3n) is 4.49. The van der Waals surface area contributed by atoms with E-state index in [9.17, 15) is 9.90 Å². The molecule has 0 radical (unpaired) electrons. The van der Waals surface area contributed by atoms with E-state index in [1.54, 1.807) is 11.7 Å². The van der Waals surface area contributed by atoms with Crippen LogP contribution in [-0.2, 0) is 6.54 Å². The number of ether oxygens (including phenoxy) is 2. The highest BCUT2D eigenvalue weighted by Crippen LogP contribution is 2.34. The quantitative estimate of drug-likeness (QED) is 0.614. The molecular formula is C21H31NO4. The number of aromatic nitrogens is 1. The SMILES string of the molecule is CCCCCCCCn1c(=O)c(O)c(OC(C)C)c2ccc(OC)cc21. The molecule has 0 aliphatic carbocycles. The summed E-state index contributed by atoms with van der Waals surface area (Å²) < 4.78 is 12.7. The van der Waals surface area contributed by atoms with Gasteiger partial charge in [0.05, 0.1) is 18.7 Å². The van der Waals surface area contributed by atoms with Crippen molar-refractivity contribution in [1.29, 1.82) is 0 Å². The van der Waals surface area contributed by atoms with E-state index in [-0.39, 0.29) is 17.6 Å². The number of pyridine rings is 1. The molecule has 1 aromatic heterocycles. The molecule has 0 bridgehead atoms. The van der Waals surface area contributed by atoms with E-state index >= 15 is 0 Å². The van der Waals surface area contributed by atoms with Crippen LogP contribution in [0.2, 0.25) is 0 Å². The van der Waals surface area contributed by atoms with Crippen molar-refractivity contribution in [2.24, 2.45) is 0 Å². The molecule has 26 heavy (non-hydrogen) atoms. The Hall–Kier alpha value is -2.17. The number of fused-ring (bicyclic) bond motifs is 1. The second-order valence-electron chi connectivity index (χ2n) is 6.95. The van der Waals surface area contributed by atoms with E-state index in [0.717, 1.165) is 23.7 Å². The molecule has 0 fully saturated rings. The summed E-state index contributed by atoms with van der Waals surface area (Å²) in [4.78, 5) is 12.7. The average molecular weight is 361 g/mol. The Morgan fingerprint density at radius 1 is 1.12 bits per heavy atom. The molecule has 1 aromatic carbocycles. The van der Waals surface area contributed by atoms with Crippen molar-refractivity contribution in [2.75, 3.05) is 7.11 Å². The number of unbranched alkanes of at least 4 members (excludes halogenated alkanes) is 5. The van der Waals surface area contributed by atoms with Crippen LogP contribution >= 0.6 is 0 Å². The van der Waals surface area contributed by atoms with Gasteiger partial charge in [0.15, 0.2) is 5.75 Å². The van der Waals surface area contributed by atoms with Crippen molar-refractivity contribution in [2.45, 2.75) is 71.9 Å². The van der Waals surface area contributed by atoms with Gasteiger partial charge in [0.25, 0.3) is 5.56 Å². The number of hydrogen-bond acceptors (Lipinski definition) is 4. The molecular weight excluding hydrogens is 330 g/mol. The van der Waals surface area contributed by atoms with Crippen LogP contribution in [0.5, 0.6) is 17.2 Å². The van der Waals surface area contributed by atoms with Gasteiger partial charge in [-0.05, 0) is 32.4 Å². The number of rotatable bonds is 10. The maximum absolute atomic E-state index is 12.7. The molecule has 0 spiro atoms. The van der Waals surface area contributed by atoms with Gasteiger partial charge in [-0.1, -0.05) is 39.0 Å². The molecule has 0 aliphatic rings. The van der Waals surface area contributed by atoms with Crippen molar-refractivity contribution in [3.63, 3.8) is 0 Å². The Bertz CT molecular complexity index is 780. The maximum atomic E-state index is 12.7. The lowest BCUT2D eigenvalue weighted by atomic mass is 10.1. The van der Waals surface area contributed by atoms with Crippen LogP contribution in [0.25, 0.3) is 10.9 Å². The predicted octanol–water partition coefficient (Wildman–Crippen LogP) is 4.86. The second-order valence-corrected chi connectivity index (χ2v) is 6.95. The molecule has 1 N–H and O–H groups in total. The van der Waals surface area contributed by atoms with Crippen molar-refractivity contribution in [1.82, 2.24) is 4.57 Å². The summed E-state index contributed by atoms with van der Waals surface area (Å²) in [5.41, 5.74) is 0.325. The highest BCUT2D eigenvalue weighted by Gasteiger charge is 2.19. The van der Waals surface area contributed by atoms with Crippen LogP contribution in [0.4, 0.5) is 0 Å². The predicted molar refractivity (Wildman–Crippen MR) is 106 cm³/mol. The van der Waals surface area contributed by atoms with Crippen LogP contribution in [0.1, 0.15) is 59.3 Å². The van der Waals surface area contributed by atoms with Crippen molar-refractivity contribution < 1.29 is 14.6 Å². The van der Waals surface area contributed by atoms with Crippen LogP contribution in [-0.4, -0.2) is 22.9 Å². The largest absolute Gasteiger partial charge is 0.500 e. The highest BCUT2D eigenvalue weighted by molar-refractivity contribution is 5.88. The molecule has 0 saturated carbocycles. The second kappa shape index (κ2) is 9.51. The van der Waals surface area contributed by atoms with Crippen LogP contribution in [0, 0.1) is 0 Å². The minimum absolute atomic E-state index is 0.139. The lowest BCUT2D eigenvalue weighted by molar-refractivity contribution is 0.233. The Morgan fingerprint density at radius 2 is 1.81 bits per heavy atom. The fourth-order valence-corrected chi connectivity index (χ4v) is 3.14. The summed E-state index contributed by atoms with van der Waals surface area (Å²) in [7, 11) is 1.60. The average Bonchev–Trinajstić information content (AvgIpc) is 2.63. The zero-order valence-electron chi connectivity index (χ0n) is 16.4. The third-order valence-corrected chi connectivity index (χ3v) is 4.49. The number of hydrogen-bond donors (Lipinski definition) is 1. The van der Waals surface area contributed by atoms with E-state index in [1.165, 1.54) is 25.7 Å². The summed E-state index contributed by atoms with van der Waals surface area (Å²) >= 11 is 0. The maximum Gasteiger partial charge on any atom is 0.297 e. The lowest BCUT2D eigenvalue weighted by Crippen LogP contribution is -2.22. The minimum Gasteiger partial charge on any atom is -0.500 e. The normalized spacial score (nSPS) is 11.3. The Balaban J connectivity index is 2.38. The van der Waals surface area contributed by atoms with Gasteiger partial charge in [-0.2, -0.15) is 0 Å². The van der Waals surface area contributed by atoms with Gasteiger partial charge in [-0.15, -0.1) is 0 Å². The van der Waals surface area contributed by atoms with E-state index in [2.05, 4.69) is 6.92 Å². The van der Waals surface area contributed by atoms with Gasteiger partial charge >= 0.3 is 0 Å². The standard InChI is InChI=1S/C21H31NO4/c1-5-6-7-8-9-10-13-22-18-14-16(25-4)11-12-17(18)20(26-15(2)3)19(23)21(22)24/h11-12,14-15,23H,5-10,13H2,1-4H3. The number of aromatic hydroxyl groups is 1. The summed E-state index contributed by atoms with van der Waals surface area (Å²) in [6.45, 7) is 6.51. The summed E-state index contributed by atoms with van der Waals surface area (Å²) in [5, 5.41) is 11.2. The molecule has 1 heterocycles. The number of methoxy groups -OCH3 is 1. The minimum atomic E-state index is -0.407. The van der Waals surface area contributed by atoms with Crippen LogP contribution in [0.3, 0.4) is 0 Å². The number of aryl methyl sites for hydroxylation is 1. The van der Waals surface area contributed by atoms with Gasteiger partial charge in [-0.3, -0.25) is 4.79 Å². The van der Waals surface area contributed by atoms with Gasteiger partial charge in [0, 0.05) is 18.0 Å². The number of nitrogens with zero attached hydrogens (tertiary/aromatic N) is 1. The fraction of sp³-hybridized carbons (Fsp3) is 0.571. The van der Waals surface area contributed by atoms with E-state index < -0.39 is 5.56 Å². The topological polar surface area (TPSA) is 60.7 Å².